The van der Waals surface area contributed by atoms with Crippen LogP contribution in [0.3, 0.4) is 0 Å². The van der Waals surface area contributed by atoms with Crippen molar-refractivity contribution in [2.24, 2.45) is 5.92 Å². The third kappa shape index (κ3) is 4.51. The lowest BCUT2D eigenvalue weighted by Gasteiger charge is -2.14. The number of hydrogen-bond donors (Lipinski definition) is 2. The second-order valence-corrected chi connectivity index (χ2v) is 4.70. The largest absolute Gasteiger partial charge is 0.337 e. The van der Waals surface area contributed by atoms with Crippen LogP contribution >= 0.6 is 0 Å². The Morgan fingerprint density at radius 2 is 2.07 bits per heavy atom. The summed E-state index contributed by atoms with van der Waals surface area (Å²) in [5.74, 6) is 0.860. The predicted molar refractivity (Wildman–Crippen MR) is 61.9 cm³/mol. The molecule has 15 heavy (non-hydrogen) atoms. The highest BCUT2D eigenvalue weighted by Crippen LogP contribution is 2.24. The van der Waals surface area contributed by atoms with E-state index < -0.39 is 0 Å². The number of nitrogens with zero attached hydrogens (tertiary/aromatic N) is 1. The lowest BCUT2D eigenvalue weighted by molar-refractivity contribution is 0.217. The second kappa shape index (κ2) is 5.95. The first-order valence-corrected chi connectivity index (χ1v) is 5.78. The molecule has 0 spiro atoms. The topological polar surface area (TPSA) is 44.4 Å². The Labute approximate surface area is 92.4 Å². The van der Waals surface area contributed by atoms with Gasteiger partial charge >= 0.3 is 6.03 Å². The minimum atomic E-state index is -0.0170. The maximum atomic E-state index is 11.2. The van der Waals surface area contributed by atoms with E-state index in [9.17, 15) is 4.79 Å². The molecular formula is C11H23N3O. The fraction of sp³-hybridized carbons (Fsp3) is 0.909. The Hall–Kier alpha value is -0.770. The summed E-state index contributed by atoms with van der Waals surface area (Å²) in [6, 6.07) is 0.646. The number of urea groups is 1. The van der Waals surface area contributed by atoms with Crippen molar-refractivity contribution in [1.29, 1.82) is 0 Å². The van der Waals surface area contributed by atoms with Gasteiger partial charge in [0.1, 0.15) is 0 Å². The molecule has 0 aromatic rings. The maximum Gasteiger partial charge on any atom is 0.316 e. The summed E-state index contributed by atoms with van der Waals surface area (Å²) in [6.45, 7) is 3.88. The van der Waals surface area contributed by atoms with Crippen LogP contribution in [-0.2, 0) is 0 Å². The molecule has 0 aliphatic heterocycles. The molecule has 0 heterocycles. The normalized spacial score (nSPS) is 25.3. The molecule has 1 aliphatic carbocycles. The highest BCUT2D eigenvalue weighted by Gasteiger charge is 2.20. The minimum Gasteiger partial charge on any atom is -0.337 e. The van der Waals surface area contributed by atoms with Gasteiger partial charge in [-0.3, -0.25) is 0 Å². The highest BCUT2D eigenvalue weighted by molar-refractivity contribution is 5.73. The van der Waals surface area contributed by atoms with Crippen molar-refractivity contribution in [1.82, 2.24) is 15.5 Å². The Morgan fingerprint density at radius 3 is 2.60 bits per heavy atom. The van der Waals surface area contributed by atoms with Gasteiger partial charge in [-0.2, -0.15) is 0 Å². The molecule has 0 saturated heterocycles. The molecule has 2 amide bonds. The SMILES string of the molecule is CC1CCC(NCCNC(=O)N(C)C)C1. The Balaban J connectivity index is 2.00. The zero-order chi connectivity index (χ0) is 11.3. The third-order valence-corrected chi connectivity index (χ3v) is 2.94. The van der Waals surface area contributed by atoms with Gasteiger partial charge in [0, 0.05) is 33.2 Å². The Bertz CT molecular complexity index is 206. The Kier molecular flexibility index (Phi) is 4.88. The van der Waals surface area contributed by atoms with E-state index in [1.54, 1.807) is 19.0 Å². The summed E-state index contributed by atoms with van der Waals surface area (Å²) < 4.78 is 0. The summed E-state index contributed by atoms with van der Waals surface area (Å²) in [6.07, 6.45) is 3.89. The number of hydrogen-bond acceptors (Lipinski definition) is 2. The number of carbonyl (C=O) groups is 1. The van der Waals surface area contributed by atoms with Crippen molar-refractivity contribution in [3.05, 3.63) is 0 Å². The molecule has 1 aliphatic rings. The molecule has 4 nitrogen and oxygen atoms in total. The van der Waals surface area contributed by atoms with Crippen LogP contribution in [-0.4, -0.2) is 44.2 Å². The van der Waals surface area contributed by atoms with Gasteiger partial charge < -0.3 is 15.5 Å². The molecule has 1 fully saturated rings. The van der Waals surface area contributed by atoms with E-state index in [2.05, 4.69) is 17.6 Å². The summed E-state index contributed by atoms with van der Waals surface area (Å²) in [7, 11) is 3.50. The molecule has 1 rings (SSSR count). The lowest BCUT2D eigenvalue weighted by Crippen LogP contribution is -2.40. The zero-order valence-corrected chi connectivity index (χ0v) is 10.0. The fourth-order valence-electron chi connectivity index (χ4n) is 2.00. The summed E-state index contributed by atoms with van der Waals surface area (Å²) in [5, 5.41) is 6.31. The van der Waals surface area contributed by atoms with Crippen LogP contribution in [0.25, 0.3) is 0 Å². The molecule has 2 atom stereocenters. The van der Waals surface area contributed by atoms with Gasteiger partial charge in [0.2, 0.25) is 0 Å². The maximum absolute atomic E-state index is 11.2. The van der Waals surface area contributed by atoms with Gasteiger partial charge in [0.25, 0.3) is 0 Å². The third-order valence-electron chi connectivity index (χ3n) is 2.94. The average Bonchev–Trinajstić information content (AvgIpc) is 2.58. The van der Waals surface area contributed by atoms with Crippen molar-refractivity contribution in [3.63, 3.8) is 0 Å². The standard InChI is InChI=1S/C11H23N3O/c1-9-4-5-10(8-9)12-6-7-13-11(15)14(2)3/h9-10,12H,4-8H2,1-3H3,(H,13,15). The van der Waals surface area contributed by atoms with Gasteiger partial charge in [0.05, 0.1) is 0 Å². The Morgan fingerprint density at radius 1 is 1.33 bits per heavy atom. The molecule has 0 aromatic heterocycles. The van der Waals surface area contributed by atoms with E-state index in [4.69, 9.17) is 0 Å². The van der Waals surface area contributed by atoms with E-state index >= 15 is 0 Å². The lowest BCUT2D eigenvalue weighted by atomic mass is 10.1. The first kappa shape index (κ1) is 12.3. The van der Waals surface area contributed by atoms with E-state index in [1.165, 1.54) is 19.3 Å². The molecule has 1 saturated carbocycles. The molecule has 2 unspecified atom stereocenters. The summed E-state index contributed by atoms with van der Waals surface area (Å²) in [5.41, 5.74) is 0. The minimum absolute atomic E-state index is 0.0170. The number of carbonyl (C=O) groups excluding carboxylic acids is 1. The summed E-state index contributed by atoms with van der Waals surface area (Å²) in [4.78, 5) is 12.7. The van der Waals surface area contributed by atoms with Crippen molar-refractivity contribution >= 4 is 6.03 Å². The van der Waals surface area contributed by atoms with Crippen LogP contribution < -0.4 is 10.6 Å². The average molecular weight is 213 g/mol. The monoisotopic (exact) mass is 213 g/mol. The van der Waals surface area contributed by atoms with Gasteiger partial charge in [-0.25, -0.2) is 4.79 Å². The first-order valence-electron chi connectivity index (χ1n) is 5.78. The van der Waals surface area contributed by atoms with Crippen LogP contribution in [0.1, 0.15) is 26.2 Å². The quantitative estimate of drug-likeness (QED) is 0.685. The fourth-order valence-corrected chi connectivity index (χ4v) is 2.00. The van der Waals surface area contributed by atoms with E-state index in [-0.39, 0.29) is 6.03 Å². The predicted octanol–water partition coefficient (Wildman–Crippen LogP) is 1.04. The second-order valence-electron chi connectivity index (χ2n) is 4.70. The van der Waals surface area contributed by atoms with Crippen molar-refractivity contribution < 1.29 is 4.79 Å². The van der Waals surface area contributed by atoms with Crippen molar-refractivity contribution in [2.45, 2.75) is 32.2 Å². The van der Waals surface area contributed by atoms with Gasteiger partial charge in [-0.1, -0.05) is 6.92 Å². The molecule has 88 valence electrons. The molecule has 2 N–H and O–H groups in total. The van der Waals surface area contributed by atoms with Gasteiger partial charge in [-0.15, -0.1) is 0 Å². The molecule has 0 radical (unpaired) electrons. The van der Waals surface area contributed by atoms with Crippen LogP contribution in [0.5, 0.6) is 0 Å². The molecule has 0 aromatic carbocycles. The first-order chi connectivity index (χ1) is 7.09. The van der Waals surface area contributed by atoms with Crippen molar-refractivity contribution in [3.8, 4) is 0 Å². The van der Waals surface area contributed by atoms with E-state index in [0.29, 0.717) is 12.6 Å². The van der Waals surface area contributed by atoms with E-state index in [1.807, 2.05) is 0 Å². The molecular weight excluding hydrogens is 190 g/mol. The molecule has 0 bridgehead atoms. The van der Waals surface area contributed by atoms with Gasteiger partial charge in [-0.05, 0) is 25.2 Å². The van der Waals surface area contributed by atoms with Gasteiger partial charge in [0.15, 0.2) is 0 Å². The van der Waals surface area contributed by atoms with Crippen LogP contribution in [0.15, 0.2) is 0 Å². The van der Waals surface area contributed by atoms with Crippen molar-refractivity contribution in [2.75, 3.05) is 27.2 Å². The van der Waals surface area contributed by atoms with Crippen LogP contribution in [0.2, 0.25) is 0 Å². The zero-order valence-electron chi connectivity index (χ0n) is 10.0. The highest BCUT2D eigenvalue weighted by atomic mass is 16.2. The van der Waals surface area contributed by atoms with E-state index in [0.717, 1.165) is 12.5 Å². The van der Waals surface area contributed by atoms with Crippen LogP contribution in [0, 0.1) is 5.92 Å². The van der Waals surface area contributed by atoms with Crippen LogP contribution in [0.4, 0.5) is 4.79 Å². The summed E-state index contributed by atoms with van der Waals surface area (Å²) >= 11 is 0. The number of nitrogens with one attached hydrogen (secondary N) is 2. The smallest absolute Gasteiger partial charge is 0.316 e. The molecule has 4 heteroatoms. The number of amides is 2. The number of rotatable bonds is 4.